The van der Waals surface area contributed by atoms with Crippen LogP contribution in [0.25, 0.3) is 0 Å². The van der Waals surface area contributed by atoms with E-state index in [1.54, 1.807) is 0 Å². The van der Waals surface area contributed by atoms with Crippen LogP contribution in [-0.4, -0.2) is 56.6 Å². The second-order valence-corrected chi connectivity index (χ2v) is 4.44. The van der Waals surface area contributed by atoms with Gasteiger partial charge in [0, 0.05) is 0 Å². The van der Waals surface area contributed by atoms with Gasteiger partial charge < -0.3 is 30.9 Å². The molecule has 0 spiro atoms. The average Bonchev–Trinajstić information content (AvgIpc) is 2.47. The van der Waals surface area contributed by atoms with Crippen LogP contribution >= 0.6 is 0 Å². The van der Waals surface area contributed by atoms with Gasteiger partial charge in [-0.05, 0) is 24.1 Å². The van der Waals surface area contributed by atoms with Gasteiger partial charge in [0.2, 0.25) is 0 Å². The molecule has 9 nitrogen and oxygen atoms in total. The van der Waals surface area contributed by atoms with E-state index in [1.165, 1.54) is 24.3 Å². The Labute approximate surface area is 124 Å². The Kier molecular flexibility index (Phi) is 5.99. The number of carbonyl (C=O) groups is 3. The highest BCUT2D eigenvalue weighted by Gasteiger charge is 2.31. The van der Waals surface area contributed by atoms with Gasteiger partial charge in [-0.15, -0.1) is 0 Å². The number of nitrogens with two attached hydrogens (primary N) is 1. The largest absolute Gasteiger partial charge is 0.480 e. The summed E-state index contributed by atoms with van der Waals surface area (Å²) < 4.78 is 4.70. The van der Waals surface area contributed by atoms with Gasteiger partial charge in [0.05, 0.1) is 0 Å². The minimum absolute atomic E-state index is 0.00529. The van der Waals surface area contributed by atoms with Crippen LogP contribution in [0.1, 0.15) is 5.56 Å². The maximum Gasteiger partial charge on any atom is 0.343 e. The molecule has 3 unspecified atom stereocenters. The monoisotopic (exact) mass is 313 g/mol. The third kappa shape index (κ3) is 4.81. The third-order valence-electron chi connectivity index (χ3n) is 2.71. The molecule has 0 radical (unpaired) electrons. The maximum atomic E-state index is 11.4. The van der Waals surface area contributed by atoms with Crippen molar-refractivity contribution in [2.24, 2.45) is 5.73 Å². The minimum atomic E-state index is -2.29. The lowest BCUT2D eigenvalue weighted by Gasteiger charge is -2.13. The number of carboxylic acid groups (broad SMARTS) is 2. The summed E-state index contributed by atoms with van der Waals surface area (Å²) in [6.45, 7) is 0. The van der Waals surface area contributed by atoms with Crippen molar-refractivity contribution < 1.29 is 39.5 Å². The second kappa shape index (κ2) is 7.50. The van der Waals surface area contributed by atoms with E-state index in [4.69, 9.17) is 25.8 Å². The summed E-state index contributed by atoms with van der Waals surface area (Å²) in [5, 5.41) is 35.4. The zero-order valence-corrected chi connectivity index (χ0v) is 11.2. The van der Waals surface area contributed by atoms with Crippen molar-refractivity contribution in [3.63, 3.8) is 0 Å². The van der Waals surface area contributed by atoms with Gasteiger partial charge in [-0.25, -0.2) is 9.59 Å². The number of aliphatic hydroxyl groups is 2. The number of aliphatic carboxylic acids is 2. The summed E-state index contributed by atoms with van der Waals surface area (Å²) in [5.74, 6) is -4.25. The molecule has 0 saturated heterocycles. The fraction of sp³-hybridized carbons (Fsp3) is 0.308. The molecule has 1 aromatic carbocycles. The van der Waals surface area contributed by atoms with Gasteiger partial charge in [0.15, 0.2) is 12.2 Å². The number of rotatable bonds is 7. The van der Waals surface area contributed by atoms with Crippen molar-refractivity contribution in [1.82, 2.24) is 0 Å². The first-order valence-electron chi connectivity index (χ1n) is 6.10. The third-order valence-corrected chi connectivity index (χ3v) is 2.71. The summed E-state index contributed by atoms with van der Waals surface area (Å²) in [5.41, 5.74) is 5.95. The molecule has 9 heteroatoms. The molecule has 0 heterocycles. The van der Waals surface area contributed by atoms with Crippen LogP contribution in [0.4, 0.5) is 0 Å². The highest BCUT2D eigenvalue weighted by atomic mass is 16.6. The van der Waals surface area contributed by atoms with Crippen molar-refractivity contribution in [3.8, 4) is 5.75 Å². The van der Waals surface area contributed by atoms with E-state index in [0.717, 1.165) is 0 Å². The summed E-state index contributed by atoms with van der Waals surface area (Å²) in [4.78, 5) is 32.5. The minimum Gasteiger partial charge on any atom is -0.480 e. The van der Waals surface area contributed by atoms with Gasteiger partial charge in [0.25, 0.3) is 0 Å². The predicted octanol–water partition coefficient (Wildman–Crippen LogP) is -1.65. The quantitative estimate of drug-likeness (QED) is 0.292. The Balaban J connectivity index is 2.66. The number of ether oxygens (including phenoxy) is 1. The smallest absolute Gasteiger partial charge is 0.343 e. The molecule has 3 atom stereocenters. The van der Waals surface area contributed by atoms with Crippen LogP contribution < -0.4 is 10.5 Å². The van der Waals surface area contributed by atoms with Crippen molar-refractivity contribution in [3.05, 3.63) is 29.8 Å². The van der Waals surface area contributed by atoms with Crippen LogP contribution in [0, 0.1) is 0 Å². The molecule has 0 saturated carbocycles. The number of carboxylic acids is 2. The lowest BCUT2D eigenvalue weighted by atomic mass is 10.1. The van der Waals surface area contributed by atoms with Gasteiger partial charge in [-0.2, -0.15) is 0 Å². The molecule has 0 fully saturated rings. The first-order valence-corrected chi connectivity index (χ1v) is 6.10. The maximum absolute atomic E-state index is 11.4. The van der Waals surface area contributed by atoms with Crippen LogP contribution in [0.5, 0.6) is 5.75 Å². The Morgan fingerprint density at radius 2 is 1.55 bits per heavy atom. The SMILES string of the molecule is NC(Cc1ccc(OC(=O)C(O)C(O)C(=O)O)cc1)C(=O)O. The Morgan fingerprint density at radius 3 is 2.00 bits per heavy atom. The molecule has 0 amide bonds. The summed E-state index contributed by atoms with van der Waals surface area (Å²) >= 11 is 0. The van der Waals surface area contributed by atoms with Gasteiger partial charge >= 0.3 is 17.9 Å². The van der Waals surface area contributed by atoms with E-state index in [-0.39, 0.29) is 12.2 Å². The zero-order chi connectivity index (χ0) is 16.9. The zero-order valence-electron chi connectivity index (χ0n) is 11.2. The average molecular weight is 313 g/mol. The second-order valence-electron chi connectivity index (χ2n) is 4.44. The molecule has 6 N–H and O–H groups in total. The van der Waals surface area contributed by atoms with Crippen LogP contribution in [0.2, 0.25) is 0 Å². The summed E-state index contributed by atoms with van der Waals surface area (Å²) in [7, 11) is 0. The molecule has 0 aliphatic heterocycles. The molecule has 1 aromatic rings. The molecule has 0 aliphatic rings. The van der Waals surface area contributed by atoms with Gasteiger partial charge in [-0.1, -0.05) is 12.1 Å². The number of aliphatic hydroxyl groups excluding tert-OH is 2. The number of esters is 1. The summed E-state index contributed by atoms with van der Waals surface area (Å²) in [6.07, 6.45) is -4.44. The Bertz CT molecular complexity index is 556. The van der Waals surface area contributed by atoms with Crippen molar-refractivity contribution >= 4 is 17.9 Å². The van der Waals surface area contributed by atoms with Crippen molar-refractivity contribution in [1.29, 1.82) is 0 Å². The molecule has 22 heavy (non-hydrogen) atoms. The number of benzene rings is 1. The van der Waals surface area contributed by atoms with Crippen LogP contribution in [-0.2, 0) is 20.8 Å². The van der Waals surface area contributed by atoms with Crippen LogP contribution in [0.3, 0.4) is 0 Å². The van der Waals surface area contributed by atoms with Crippen molar-refractivity contribution in [2.75, 3.05) is 0 Å². The van der Waals surface area contributed by atoms with Crippen LogP contribution in [0.15, 0.2) is 24.3 Å². The molecular weight excluding hydrogens is 298 g/mol. The van der Waals surface area contributed by atoms with E-state index in [2.05, 4.69) is 0 Å². The number of hydrogen-bond donors (Lipinski definition) is 5. The Hall–Kier alpha value is -2.49. The van der Waals surface area contributed by atoms with E-state index in [0.29, 0.717) is 5.56 Å². The highest BCUT2D eigenvalue weighted by molar-refractivity contribution is 5.85. The van der Waals surface area contributed by atoms with E-state index in [9.17, 15) is 19.5 Å². The van der Waals surface area contributed by atoms with Gasteiger partial charge in [-0.3, -0.25) is 4.79 Å². The number of carbonyl (C=O) groups excluding carboxylic acids is 1. The summed E-state index contributed by atoms with van der Waals surface area (Å²) in [6, 6.07) is 4.50. The molecular formula is C13H15NO8. The molecule has 1 rings (SSSR count). The van der Waals surface area contributed by atoms with Gasteiger partial charge in [0.1, 0.15) is 11.8 Å². The molecule has 0 aliphatic carbocycles. The molecule has 0 aromatic heterocycles. The topological polar surface area (TPSA) is 167 Å². The van der Waals surface area contributed by atoms with E-state index >= 15 is 0 Å². The standard InChI is InChI=1S/C13H15NO8/c14-8(11(17)18)5-6-1-3-7(4-2-6)22-13(21)10(16)9(15)12(19)20/h1-4,8-10,15-16H,5,14H2,(H,17,18)(H,19,20). The van der Waals surface area contributed by atoms with E-state index in [1.807, 2.05) is 0 Å². The highest BCUT2D eigenvalue weighted by Crippen LogP contribution is 2.14. The first-order chi connectivity index (χ1) is 10.2. The fourth-order valence-electron chi connectivity index (χ4n) is 1.48. The first kappa shape index (κ1) is 17.6. The fourth-order valence-corrected chi connectivity index (χ4v) is 1.48. The molecule has 0 bridgehead atoms. The molecule has 120 valence electrons. The van der Waals surface area contributed by atoms with E-state index < -0.39 is 36.2 Å². The lowest BCUT2D eigenvalue weighted by molar-refractivity contribution is -0.164. The predicted molar refractivity (Wildman–Crippen MR) is 71.0 cm³/mol. The normalized spacial score (nSPS) is 14.7. The number of hydrogen-bond acceptors (Lipinski definition) is 7. The lowest BCUT2D eigenvalue weighted by Crippen LogP contribution is -2.41. The van der Waals surface area contributed by atoms with Crippen molar-refractivity contribution in [2.45, 2.75) is 24.7 Å². The Morgan fingerprint density at radius 1 is 1.00 bits per heavy atom.